The molecule has 5 nitrogen and oxygen atoms in total. The van der Waals surface area contributed by atoms with E-state index in [-0.39, 0.29) is 11.3 Å². The highest BCUT2D eigenvalue weighted by Gasteiger charge is 2.25. The van der Waals surface area contributed by atoms with Crippen LogP contribution in [0.5, 0.6) is 0 Å². The van der Waals surface area contributed by atoms with Crippen LogP contribution in [0.2, 0.25) is 0 Å². The second-order valence-electron chi connectivity index (χ2n) is 6.22. The minimum atomic E-state index is -0.593. The van der Waals surface area contributed by atoms with Crippen molar-refractivity contribution in [1.82, 2.24) is 5.32 Å². The molecule has 0 aliphatic carbocycles. The summed E-state index contributed by atoms with van der Waals surface area (Å²) in [6, 6.07) is -0.593. The van der Waals surface area contributed by atoms with Crippen LogP contribution in [0.25, 0.3) is 0 Å². The van der Waals surface area contributed by atoms with Gasteiger partial charge in [-0.3, -0.25) is 4.79 Å². The van der Waals surface area contributed by atoms with Crippen LogP contribution in [-0.2, 0) is 14.3 Å². The molecule has 0 aliphatic rings. The van der Waals surface area contributed by atoms with Gasteiger partial charge in [-0.1, -0.05) is 20.8 Å². The number of carbonyl (C=O) groups excluding carboxylic acids is 2. The van der Waals surface area contributed by atoms with Gasteiger partial charge in [0, 0.05) is 6.42 Å². The first-order chi connectivity index (χ1) is 9.22. The minimum Gasteiger partial charge on any atom is -0.464 e. The van der Waals surface area contributed by atoms with Crippen molar-refractivity contribution in [2.24, 2.45) is 17.1 Å². The summed E-state index contributed by atoms with van der Waals surface area (Å²) in [5.41, 5.74) is 5.76. The zero-order chi connectivity index (χ0) is 15.8. The zero-order valence-electron chi connectivity index (χ0n) is 13.5. The van der Waals surface area contributed by atoms with E-state index in [2.05, 4.69) is 26.1 Å². The van der Waals surface area contributed by atoms with Crippen molar-refractivity contribution < 1.29 is 14.3 Å². The molecule has 0 aromatic carbocycles. The highest BCUT2D eigenvalue weighted by Crippen LogP contribution is 2.31. The topological polar surface area (TPSA) is 81.4 Å². The lowest BCUT2D eigenvalue weighted by molar-refractivity contribution is -0.146. The van der Waals surface area contributed by atoms with E-state index in [0.717, 1.165) is 12.8 Å². The second-order valence-corrected chi connectivity index (χ2v) is 6.22. The molecule has 0 saturated carbocycles. The van der Waals surface area contributed by atoms with Crippen LogP contribution in [-0.4, -0.2) is 31.1 Å². The van der Waals surface area contributed by atoms with Crippen molar-refractivity contribution in [3.8, 4) is 0 Å². The molecule has 0 bridgehead atoms. The lowest BCUT2D eigenvalue weighted by Crippen LogP contribution is -2.39. The van der Waals surface area contributed by atoms with Gasteiger partial charge < -0.3 is 15.8 Å². The molecule has 0 aromatic heterocycles. The number of hydrogen-bond acceptors (Lipinski definition) is 4. The van der Waals surface area contributed by atoms with E-state index in [1.165, 1.54) is 0 Å². The van der Waals surface area contributed by atoms with Gasteiger partial charge in [0.05, 0.1) is 6.61 Å². The quantitative estimate of drug-likeness (QED) is 0.667. The molecule has 5 heteroatoms. The number of ether oxygens (including phenoxy) is 1. The molecule has 0 fully saturated rings. The minimum absolute atomic E-state index is 0.114. The summed E-state index contributed by atoms with van der Waals surface area (Å²) in [5.74, 6) is -0.108. The monoisotopic (exact) mass is 286 g/mol. The first-order valence-electron chi connectivity index (χ1n) is 7.38. The fourth-order valence-electron chi connectivity index (χ4n) is 2.16. The maximum absolute atomic E-state index is 11.8. The van der Waals surface area contributed by atoms with Crippen LogP contribution >= 0.6 is 0 Å². The van der Waals surface area contributed by atoms with Crippen molar-refractivity contribution >= 4 is 11.9 Å². The molecule has 1 amide bonds. The molecule has 0 radical (unpaired) electrons. The van der Waals surface area contributed by atoms with Crippen molar-refractivity contribution in [2.45, 2.75) is 59.9 Å². The number of carbonyl (C=O) groups is 2. The van der Waals surface area contributed by atoms with Crippen LogP contribution in [0.3, 0.4) is 0 Å². The average molecular weight is 286 g/mol. The number of amides is 1. The normalized spacial score (nSPS) is 14.5. The number of hydrogen-bond donors (Lipinski definition) is 2. The van der Waals surface area contributed by atoms with E-state index in [4.69, 9.17) is 10.5 Å². The lowest BCUT2D eigenvalue weighted by Gasteiger charge is -2.30. The van der Waals surface area contributed by atoms with Crippen molar-refractivity contribution in [3.63, 3.8) is 0 Å². The molecule has 2 unspecified atom stereocenters. The number of esters is 1. The van der Waals surface area contributed by atoms with E-state index in [1.807, 2.05) is 0 Å². The highest BCUT2D eigenvalue weighted by molar-refractivity contribution is 5.84. The molecular formula is C15H30N2O3. The fourth-order valence-corrected chi connectivity index (χ4v) is 2.16. The van der Waals surface area contributed by atoms with E-state index in [9.17, 15) is 9.59 Å². The lowest BCUT2D eigenvalue weighted by atomic mass is 9.76. The van der Waals surface area contributed by atoms with Gasteiger partial charge in [-0.05, 0) is 44.6 Å². The molecular weight excluding hydrogens is 256 g/mol. The highest BCUT2D eigenvalue weighted by atomic mass is 16.5. The predicted molar refractivity (Wildman–Crippen MR) is 80.1 cm³/mol. The van der Waals surface area contributed by atoms with Gasteiger partial charge in [0.2, 0.25) is 5.91 Å². The van der Waals surface area contributed by atoms with E-state index in [1.54, 1.807) is 13.8 Å². The Morgan fingerprint density at radius 2 is 1.85 bits per heavy atom. The number of nitrogens with one attached hydrogen (secondary N) is 1. The molecule has 3 N–H and O–H groups in total. The number of rotatable bonds is 8. The Kier molecular flexibility index (Phi) is 8.46. The van der Waals surface area contributed by atoms with Crippen molar-refractivity contribution in [1.29, 1.82) is 0 Å². The molecule has 0 aromatic rings. The Morgan fingerprint density at radius 1 is 1.25 bits per heavy atom. The summed E-state index contributed by atoms with van der Waals surface area (Å²) in [6.45, 7) is 10.8. The molecule has 0 saturated heterocycles. The van der Waals surface area contributed by atoms with Gasteiger partial charge in [0.25, 0.3) is 0 Å². The third kappa shape index (κ3) is 7.48. The van der Waals surface area contributed by atoms with Crippen LogP contribution < -0.4 is 11.1 Å². The Bertz CT molecular complexity index is 311. The van der Waals surface area contributed by atoms with Gasteiger partial charge in [0.1, 0.15) is 6.04 Å². The van der Waals surface area contributed by atoms with E-state index in [0.29, 0.717) is 25.5 Å². The van der Waals surface area contributed by atoms with Gasteiger partial charge >= 0.3 is 5.97 Å². The molecule has 20 heavy (non-hydrogen) atoms. The Morgan fingerprint density at radius 3 is 2.30 bits per heavy atom. The molecule has 0 aliphatic heterocycles. The van der Waals surface area contributed by atoms with E-state index < -0.39 is 12.0 Å². The first-order valence-corrected chi connectivity index (χ1v) is 7.38. The van der Waals surface area contributed by atoms with Crippen molar-refractivity contribution in [3.05, 3.63) is 0 Å². The second kappa shape index (κ2) is 8.95. The third-order valence-electron chi connectivity index (χ3n) is 3.48. The predicted octanol–water partition coefficient (Wildman–Crippen LogP) is 1.85. The van der Waals surface area contributed by atoms with Gasteiger partial charge in [-0.25, -0.2) is 4.79 Å². The largest absolute Gasteiger partial charge is 0.464 e. The Hall–Kier alpha value is -1.10. The van der Waals surface area contributed by atoms with Crippen LogP contribution in [0.15, 0.2) is 0 Å². The summed E-state index contributed by atoms with van der Waals surface area (Å²) in [5, 5.41) is 2.67. The van der Waals surface area contributed by atoms with Gasteiger partial charge in [-0.2, -0.15) is 0 Å². The summed E-state index contributed by atoms with van der Waals surface area (Å²) in [6.07, 6.45) is 2.10. The molecule has 0 spiro atoms. The first kappa shape index (κ1) is 18.9. The van der Waals surface area contributed by atoms with E-state index >= 15 is 0 Å². The maximum atomic E-state index is 11.8. The van der Waals surface area contributed by atoms with Crippen LogP contribution in [0, 0.1) is 11.3 Å². The SMILES string of the molecule is CCOC(=O)C(C)NC(=O)CCC(CCN)C(C)(C)C. The molecule has 0 heterocycles. The zero-order valence-corrected chi connectivity index (χ0v) is 13.5. The van der Waals surface area contributed by atoms with Crippen LogP contribution in [0.1, 0.15) is 53.9 Å². The summed E-state index contributed by atoms with van der Waals surface area (Å²) >= 11 is 0. The number of nitrogens with two attached hydrogens (primary N) is 1. The van der Waals surface area contributed by atoms with Gasteiger partial charge in [0.15, 0.2) is 0 Å². The molecule has 2 atom stereocenters. The summed E-state index contributed by atoms with van der Waals surface area (Å²) in [7, 11) is 0. The fraction of sp³-hybridized carbons (Fsp3) is 0.867. The standard InChI is InChI=1S/C15H30N2O3/c1-6-20-14(19)11(2)17-13(18)8-7-12(9-10-16)15(3,4)5/h11-12H,6-10,16H2,1-5H3,(H,17,18). The molecule has 118 valence electrons. The Labute approximate surface area is 122 Å². The average Bonchev–Trinajstić information content (AvgIpc) is 2.33. The summed E-state index contributed by atoms with van der Waals surface area (Å²) in [4.78, 5) is 23.3. The smallest absolute Gasteiger partial charge is 0.328 e. The van der Waals surface area contributed by atoms with Gasteiger partial charge in [-0.15, -0.1) is 0 Å². The Balaban J connectivity index is 4.23. The van der Waals surface area contributed by atoms with Crippen molar-refractivity contribution in [2.75, 3.05) is 13.2 Å². The van der Waals surface area contributed by atoms with Crippen LogP contribution in [0.4, 0.5) is 0 Å². The molecule has 0 rings (SSSR count). The summed E-state index contributed by atoms with van der Waals surface area (Å²) < 4.78 is 4.85. The maximum Gasteiger partial charge on any atom is 0.328 e. The third-order valence-corrected chi connectivity index (χ3v) is 3.48.